The van der Waals surface area contributed by atoms with E-state index in [4.69, 9.17) is 0 Å². The molecule has 24 heavy (non-hydrogen) atoms. The summed E-state index contributed by atoms with van der Waals surface area (Å²) < 4.78 is 14.1. The molecule has 2 aromatic carbocycles. The number of carbonyl (C=O) groups excluding carboxylic acids is 1. The molecule has 120 valence electrons. The van der Waals surface area contributed by atoms with Crippen molar-refractivity contribution >= 4 is 11.6 Å². The number of aromatic nitrogens is 2. The number of nitrogens with zero attached hydrogens (tertiary/aromatic N) is 2. The van der Waals surface area contributed by atoms with Gasteiger partial charge >= 0.3 is 0 Å². The van der Waals surface area contributed by atoms with Crippen LogP contribution in [0.4, 0.5) is 10.2 Å². The number of fused-ring (bicyclic) bond motifs is 3. The highest BCUT2D eigenvalue weighted by Gasteiger charge is 2.26. The number of carbonyl (C=O) groups is 1. The minimum absolute atomic E-state index is 0.134. The smallest absolute Gasteiger partial charge is 0.254 e. The third-order valence-electron chi connectivity index (χ3n) is 4.39. The van der Waals surface area contributed by atoms with Crippen molar-refractivity contribution in [3.05, 3.63) is 59.7 Å². The SMILES string of the molecule is CCC(=O)N(F)c1ccc2c(c1)Cc1c(-c3ccccc3)n[nH]c1-2. The molecule has 0 unspecified atom stereocenters. The van der Waals surface area contributed by atoms with Gasteiger partial charge in [0.1, 0.15) is 0 Å². The van der Waals surface area contributed by atoms with Crippen LogP contribution in [-0.2, 0) is 11.2 Å². The Labute approximate surface area is 138 Å². The molecule has 5 heteroatoms. The van der Waals surface area contributed by atoms with Gasteiger partial charge in [0, 0.05) is 29.5 Å². The summed E-state index contributed by atoms with van der Waals surface area (Å²) in [6.45, 7) is 1.64. The van der Waals surface area contributed by atoms with Crippen LogP contribution in [0, 0.1) is 0 Å². The van der Waals surface area contributed by atoms with Gasteiger partial charge in [0.15, 0.2) is 0 Å². The van der Waals surface area contributed by atoms with Crippen molar-refractivity contribution in [3.8, 4) is 22.5 Å². The fraction of sp³-hybridized carbons (Fsp3) is 0.158. The van der Waals surface area contributed by atoms with Crippen molar-refractivity contribution in [2.24, 2.45) is 0 Å². The number of anilines is 1. The Morgan fingerprint density at radius 3 is 2.79 bits per heavy atom. The number of H-pyrrole nitrogens is 1. The van der Waals surface area contributed by atoms with Crippen LogP contribution in [0.2, 0.25) is 0 Å². The molecule has 0 radical (unpaired) electrons. The predicted octanol–water partition coefficient (Wildman–Crippen LogP) is 4.28. The van der Waals surface area contributed by atoms with E-state index in [9.17, 15) is 9.28 Å². The molecule has 4 nitrogen and oxygen atoms in total. The zero-order chi connectivity index (χ0) is 16.7. The number of hydrogen-bond acceptors (Lipinski definition) is 2. The number of rotatable bonds is 3. The zero-order valence-corrected chi connectivity index (χ0v) is 13.2. The van der Waals surface area contributed by atoms with Crippen LogP contribution in [-0.4, -0.2) is 16.1 Å². The first-order chi connectivity index (χ1) is 11.7. The third kappa shape index (κ3) is 2.21. The molecule has 0 saturated carbocycles. The lowest BCUT2D eigenvalue weighted by atomic mass is 10.1. The summed E-state index contributed by atoms with van der Waals surface area (Å²) in [4.78, 5) is 11.6. The first kappa shape index (κ1) is 14.6. The first-order valence-corrected chi connectivity index (χ1v) is 7.93. The quantitative estimate of drug-likeness (QED) is 0.573. The average Bonchev–Trinajstić information content (AvgIpc) is 3.19. The number of hydrogen-bond donors (Lipinski definition) is 1. The second-order valence-electron chi connectivity index (χ2n) is 5.84. The van der Waals surface area contributed by atoms with Crippen LogP contribution in [0.1, 0.15) is 24.5 Å². The minimum Gasteiger partial charge on any atom is -0.277 e. The van der Waals surface area contributed by atoms with Gasteiger partial charge in [-0.25, -0.2) is 0 Å². The normalized spacial score (nSPS) is 11.9. The number of halogens is 1. The maximum absolute atomic E-state index is 14.1. The predicted molar refractivity (Wildman–Crippen MR) is 91.2 cm³/mol. The van der Waals surface area contributed by atoms with Crippen molar-refractivity contribution in [2.45, 2.75) is 19.8 Å². The van der Waals surface area contributed by atoms with Crippen molar-refractivity contribution in [1.82, 2.24) is 10.2 Å². The second-order valence-corrected chi connectivity index (χ2v) is 5.84. The van der Waals surface area contributed by atoms with Crippen LogP contribution in [0.15, 0.2) is 48.5 Å². The van der Waals surface area contributed by atoms with Crippen molar-refractivity contribution in [1.29, 1.82) is 0 Å². The topological polar surface area (TPSA) is 49.0 Å². The maximum atomic E-state index is 14.1. The van der Waals surface area contributed by atoms with E-state index < -0.39 is 5.91 Å². The van der Waals surface area contributed by atoms with Gasteiger partial charge in [-0.15, -0.1) is 5.12 Å². The highest BCUT2D eigenvalue weighted by molar-refractivity contribution is 5.92. The molecule has 1 heterocycles. The van der Waals surface area contributed by atoms with E-state index in [1.54, 1.807) is 19.1 Å². The van der Waals surface area contributed by atoms with Gasteiger partial charge in [-0.05, 0) is 17.7 Å². The number of nitrogens with one attached hydrogen (secondary N) is 1. The lowest BCUT2D eigenvalue weighted by molar-refractivity contribution is -0.121. The Balaban J connectivity index is 1.72. The van der Waals surface area contributed by atoms with Crippen LogP contribution < -0.4 is 5.12 Å². The number of aromatic amines is 1. The van der Waals surface area contributed by atoms with Crippen LogP contribution >= 0.6 is 0 Å². The van der Waals surface area contributed by atoms with Crippen molar-refractivity contribution < 1.29 is 9.28 Å². The highest BCUT2D eigenvalue weighted by atomic mass is 19.2. The van der Waals surface area contributed by atoms with E-state index in [0.29, 0.717) is 6.42 Å². The molecule has 1 N–H and O–H groups in total. The van der Waals surface area contributed by atoms with E-state index in [2.05, 4.69) is 10.2 Å². The molecule has 3 aromatic rings. The van der Waals surface area contributed by atoms with Gasteiger partial charge in [0.05, 0.1) is 17.1 Å². The van der Waals surface area contributed by atoms with Gasteiger partial charge in [0.25, 0.3) is 5.91 Å². The maximum Gasteiger partial charge on any atom is 0.254 e. The van der Waals surface area contributed by atoms with Gasteiger partial charge in [-0.3, -0.25) is 9.89 Å². The fourth-order valence-corrected chi connectivity index (χ4v) is 3.16. The standard InChI is InChI=1S/C19H16FN3O/c1-2-17(24)23(20)14-8-9-15-13(10-14)11-16-18(21-22-19(15)16)12-6-4-3-5-7-12/h3-10H,2,11H2,1H3,(H,21,22). The monoisotopic (exact) mass is 321 g/mol. The first-order valence-electron chi connectivity index (χ1n) is 7.93. The molecule has 0 fully saturated rings. The van der Waals surface area contributed by atoms with Gasteiger partial charge in [-0.1, -0.05) is 47.8 Å². The van der Waals surface area contributed by atoms with E-state index >= 15 is 0 Å². The molecule has 0 aliphatic heterocycles. The molecule has 0 atom stereocenters. The second kappa shape index (κ2) is 5.60. The molecule has 0 bridgehead atoms. The van der Waals surface area contributed by atoms with E-state index in [-0.39, 0.29) is 17.2 Å². The lowest BCUT2D eigenvalue weighted by Crippen LogP contribution is -2.20. The van der Waals surface area contributed by atoms with E-state index in [1.165, 1.54) is 0 Å². The van der Waals surface area contributed by atoms with Gasteiger partial charge in [-0.2, -0.15) is 5.10 Å². The van der Waals surface area contributed by atoms with E-state index in [0.717, 1.165) is 33.6 Å². The minimum atomic E-state index is -0.543. The number of amides is 1. The summed E-state index contributed by atoms with van der Waals surface area (Å²) in [6.07, 6.45) is 0.808. The summed E-state index contributed by atoms with van der Waals surface area (Å²) in [5.41, 5.74) is 6.35. The van der Waals surface area contributed by atoms with Gasteiger partial charge in [0.2, 0.25) is 0 Å². The Morgan fingerprint density at radius 2 is 2.04 bits per heavy atom. The Bertz CT molecular complexity index is 918. The van der Waals surface area contributed by atoms with Crippen LogP contribution in [0.5, 0.6) is 0 Å². The average molecular weight is 321 g/mol. The molecule has 1 amide bonds. The molecular formula is C19H16FN3O. The summed E-state index contributed by atoms with van der Waals surface area (Å²) in [5, 5.41) is 7.77. The summed E-state index contributed by atoms with van der Waals surface area (Å²) >= 11 is 0. The Morgan fingerprint density at radius 1 is 1.25 bits per heavy atom. The molecule has 1 aliphatic carbocycles. The number of benzene rings is 2. The van der Waals surface area contributed by atoms with Gasteiger partial charge < -0.3 is 0 Å². The molecule has 1 aliphatic rings. The summed E-state index contributed by atoms with van der Waals surface area (Å²) in [6, 6.07) is 15.2. The van der Waals surface area contributed by atoms with Crippen LogP contribution in [0.25, 0.3) is 22.5 Å². The fourth-order valence-electron chi connectivity index (χ4n) is 3.16. The Hall–Kier alpha value is -2.95. The molecule has 0 saturated heterocycles. The lowest BCUT2D eigenvalue weighted by Gasteiger charge is -2.12. The molecule has 4 rings (SSSR count). The highest BCUT2D eigenvalue weighted by Crippen LogP contribution is 2.41. The summed E-state index contributed by atoms with van der Waals surface area (Å²) in [7, 11) is 0. The van der Waals surface area contributed by atoms with Crippen molar-refractivity contribution in [2.75, 3.05) is 5.12 Å². The molecule has 0 spiro atoms. The molecular weight excluding hydrogens is 305 g/mol. The van der Waals surface area contributed by atoms with Crippen LogP contribution in [0.3, 0.4) is 0 Å². The summed E-state index contributed by atoms with van der Waals surface area (Å²) in [5.74, 6) is -0.543. The molecule has 1 aromatic heterocycles. The van der Waals surface area contributed by atoms with E-state index in [1.807, 2.05) is 36.4 Å². The third-order valence-corrected chi connectivity index (χ3v) is 4.39. The van der Waals surface area contributed by atoms with Crippen molar-refractivity contribution in [3.63, 3.8) is 0 Å². The largest absolute Gasteiger partial charge is 0.277 e. The Kier molecular flexibility index (Phi) is 3.41. The zero-order valence-electron chi connectivity index (χ0n) is 13.2.